The van der Waals surface area contributed by atoms with Gasteiger partial charge in [-0.2, -0.15) is 5.10 Å². The number of hydrogen-bond donors (Lipinski definition) is 2. The Morgan fingerprint density at radius 1 is 1.92 bits per heavy atom. The molecule has 0 saturated carbocycles. The highest BCUT2D eigenvalue weighted by Crippen LogP contribution is 2.01. The van der Waals surface area contributed by atoms with E-state index in [0.29, 0.717) is 0 Å². The molecule has 1 atom stereocenters. The highest BCUT2D eigenvalue weighted by molar-refractivity contribution is 14.1. The molecular weight excluding hydrogens is 273 g/mol. The Balaban J connectivity index is 2.58. The van der Waals surface area contributed by atoms with Crippen LogP contribution in [0.5, 0.6) is 0 Å². The van der Waals surface area contributed by atoms with Gasteiger partial charge in [-0.25, -0.2) is 0 Å². The van der Waals surface area contributed by atoms with Crippen molar-refractivity contribution in [2.75, 3.05) is 0 Å². The van der Waals surface area contributed by atoms with E-state index in [1.165, 1.54) is 4.68 Å². The molecular formula is C6H8IN3O2. The lowest BCUT2D eigenvalue weighted by Gasteiger charge is -2.04. The van der Waals surface area contributed by atoms with Gasteiger partial charge in [-0.15, -0.1) is 0 Å². The van der Waals surface area contributed by atoms with E-state index in [1.54, 1.807) is 12.4 Å². The summed E-state index contributed by atoms with van der Waals surface area (Å²) >= 11 is 2.08. The van der Waals surface area contributed by atoms with E-state index in [4.69, 9.17) is 10.8 Å². The van der Waals surface area contributed by atoms with E-state index >= 15 is 0 Å². The lowest BCUT2D eigenvalue weighted by molar-refractivity contribution is -0.126. The van der Waals surface area contributed by atoms with E-state index < -0.39 is 12.0 Å². The summed E-state index contributed by atoms with van der Waals surface area (Å²) < 4.78 is 2.42. The summed E-state index contributed by atoms with van der Waals surface area (Å²) in [5.74, 6) is -0.736. The molecule has 1 unspecified atom stereocenters. The maximum Gasteiger partial charge on any atom is 0.248 e. The number of carbonyl (C=O) groups excluding carboxylic acids is 1. The Labute approximate surface area is 82.7 Å². The first-order valence-corrected chi connectivity index (χ1v) is 4.33. The zero-order valence-corrected chi connectivity index (χ0v) is 8.30. The average Bonchev–Trinajstić information content (AvgIpc) is 2.35. The van der Waals surface area contributed by atoms with Crippen LogP contribution in [0.4, 0.5) is 0 Å². The fourth-order valence-corrected chi connectivity index (χ4v) is 1.15. The van der Waals surface area contributed by atoms with Crippen LogP contribution in [0, 0.1) is 3.57 Å². The van der Waals surface area contributed by atoms with Crippen molar-refractivity contribution >= 4 is 28.5 Å². The fraction of sp³-hybridized carbons (Fsp3) is 0.333. The number of halogens is 1. The summed E-state index contributed by atoms with van der Waals surface area (Å²) in [6.07, 6.45) is 2.18. The molecule has 1 aromatic heterocycles. The summed E-state index contributed by atoms with van der Waals surface area (Å²) in [5, 5.41) is 12.9. The Morgan fingerprint density at radius 3 is 3.00 bits per heavy atom. The van der Waals surface area contributed by atoms with Gasteiger partial charge >= 0.3 is 0 Å². The van der Waals surface area contributed by atoms with Gasteiger partial charge in [0.15, 0.2) is 6.10 Å². The molecule has 0 bridgehead atoms. The standard InChI is InChI=1S/C6H8IN3O2/c7-4-1-9-10(2-4)3-5(11)6(8)12/h1-2,5,11H,3H2,(H2,8,12). The molecule has 1 amide bonds. The van der Waals surface area contributed by atoms with Gasteiger partial charge in [0.1, 0.15) is 0 Å². The molecule has 1 aromatic rings. The number of primary amides is 1. The van der Waals surface area contributed by atoms with E-state index in [2.05, 4.69) is 27.7 Å². The molecule has 66 valence electrons. The van der Waals surface area contributed by atoms with Crippen molar-refractivity contribution in [3.05, 3.63) is 16.0 Å². The maximum atomic E-state index is 10.4. The smallest absolute Gasteiger partial charge is 0.248 e. The van der Waals surface area contributed by atoms with Gasteiger partial charge < -0.3 is 10.8 Å². The Hall–Kier alpha value is -0.630. The number of rotatable bonds is 3. The third-order valence-electron chi connectivity index (χ3n) is 1.29. The van der Waals surface area contributed by atoms with Gasteiger partial charge in [0, 0.05) is 6.20 Å². The monoisotopic (exact) mass is 281 g/mol. The number of nitrogens with zero attached hydrogens (tertiary/aromatic N) is 2. The molecule has 0 saturated heterocycles. The number of aromatic nitrogens is 2. The third-order valence-corrected chi connectivity index (χ3v) is 1.85. The Kier molecular flexibility index (Phi) is 3.04. The Bertz CT molecular complexity index is 286. The number of nitrogens with two attached hydrogens (primary N) is 1. The van der Waals surface area contributed by atoms with Crippen LogP contribution in [-0.4, -0.2) is 26.9 Å². The molecule has 0 radical (unpaired) electrons. The highest BCUT2D eigenvalue weighted by Gasteiger charge is 2.11. The van der Waals surface area contributed by atoms with Crippen LogP contribution in [0.3, 0.4) is 0 Å². The first-order valence-electron chi connectivity index (χ1n) is 3.25. The quantitative estimate of drug-likeness (QED) is 0.721. The van der Waals surface area contributed by atoms with Crippen molar-refractivity contribution in [1.82, 2.24) is 9.78 Å². The minimum Gasteiger partial charge on any atom is -0.381 e. The summed E-state index contributed by atoms with van der Waals surface area (Å²) in [6, 6.07) is 0. The summed E-state index contributed by atoms with van der Waals surface area (Å²) in [6.45, 7) is 0.109. The minimum absolute atomic E-state index is 0.109. The van der Waals surface area contributed by atoms with Crippen LogP contribution in [-0.2, 0) is 11.3 Å². The van der Waals surface area contributed by atoms with Gasteiger partial charge in [0.2, 0.25) is 5.91 Å². The molecule has 1 rings (SSSR count). The largest absolute Gasteiger partial charge is 0.381 e. The van der Waals surface area contributed by atoms with Gasteiger partial charge in [0.25, 0.3) is 0 Å². The summed E-state index contributed by atoms with van der Waals surface area (Å²) in [4.78, 5) is 10.4. The number of aliphatic hydroxyl groups excluding tert-OH is 1. The predicted octanol–water partition coefficient (Wildman–Crippen LogP) is -0.666. The van der Waals surface area contributed by atoms with Crippen molar-refractivity contribution in [3.63, 3.8) is 0 Å². The van der Waals surface area contributed by atoms with Crippen molar-refractivity contribution < 1.29 is 9.90 Å². The normalized spacial score (nSPS) is 12.8. The molecule has 12 heavy (non-hydrogen) atoms. The van der Waals surface area contributed by atoms with E-state index in [0.717, 1.165) is 3.57 Å². The second-order valence-electron chi connectivity index (χ2n) is 2.30. The van der Waals surface area contributed by atoms with E-state index in [-0.39, 0.29) is 6.54 Å². The number of carbonyl (C=O) groups is 1. The SMILES string of the molecule is NC(=O)C(O)Cn1cc(I)cn1. The molecule has 5 nitrogen and oxygen atoms in total. The molecule has 0 aromatic carbocycles. The number of hydrogen-bond acceptors (Lipinski definition) is 3. The van der Waals surface area contributed by atoms with Crippen LogP contribution in [0.25, 0.3) is 0 Å². The molecule has 6 heteroatoms. The van der Waals surface area contributed by atoms with Crippen LogP contribution < -0.4 is 5.73 Å². The fourth-order valence-electron chi connectivity index (χ4n) is 0.705. The molecule has 0 fully saturated rings. The molecule has 0 aliphatic carbocycles. The third kappa shape index (κ3) is 2.45. The highest BCUT2D eigenvalue weighted by atomic mass is 127. The Morgan fingerprint density at radius 2 is 2.58 bits per heavy atom. The van der Waals surface area contributed by atoms with E-state index in [1.807, 2.05) is 0 Å². The van der Waals surface area contributed by atoms with Gasteiger partial charge in [-0.3, -0.25) is 9.48 Å². The van der Waals surface area contributed by atoms with Crippen LogP contribution >= 0.6 is 22.6 Å². The zero-order valence-electron chi connectivity index (χ0n) is 6.14. The topological polar surface area (TPSA) is 81.1 Å². The second kappa shape index (κ2) is 3.85. The van der Waals surface area contributed by atoms with Gasteiger partial charge in [0.05, 0.1) is 16.3 Å². The van der Waals surface area contributed by atoms with Crippen LogP contribution in [0.15, 0.2) is 12.4 Å². The average molecular weight is 281 g/mol. The molecule has 0 aliphatic heterocycles. The lowest BCUT2D eigenvalue weighted by atomic mass is 10.3. The molecule has 1 heterocycles. The number of amides is 1. The molecule has 3 N–H and O–H groups in total. The zero-order chi connectivity index (χ0) is 9.14. The number of aliphatic hydroxyl groups is 1. The maximum absolute atomic E-state index is 10.4. The van der Waals surface area contributed by atoms with Gasteiger partial charge in [-0.1, -0.05) is 0 Å². The predicted molar refractivity (Wildman–Crippen MR) is 50.1 cm³/mol. The summed E-state index contributed by atoms with van der Waals surface area (Å²) in [5.41, 5.74) is 4.86. The van der Waals surface area contributed by atoms with Crippen molar-refractivity contribution in [2.45, 2.75) is 12.6 Å². The van der Waals surface area contributed by atoms with Crippen molar-refractivity contribution in [3.8, 4) is 0 Å². The lowest BCUT2D eigenvalue weighted by Crippen LogP contribution is -2.32. The second-order valence-corrected chi connectivity index (χ2v) is 3.54. The minimum atomic E-state index is -1.17. The van der Waals surface area contributed by atoms with Gasteiger partial charge in [-0.05, 0) is 22.6 Å². The van der Waals surface area contributed by atoms with Crippen molar-refractivity contribution in [1.29, 1.82) is 0 Å². The first-order chi connectivity index (χ1) is 5.59. The summed E-state index contributed by atoms with van der Waals surface area (Å²) in [7, 11) is 0. The van der Waals surface area contributed by atoms with E-state index in [9.17, 15) is 4.79 Å². The van der Waals surface area contributed by atoms with Crippen molar-refractivity contribution in [2.24, 2.45) is 5.73 Å². The van der Waals surface area contributed by atoms with Crippen LogP contribution in [0.2, 0.25) is 0 Å². The molecule has 0 spiro atoms. The molecule has 0 aliphatic rings. The van der Waals surface area contributed by atoms with Crippen LogP contribution in [0.1, 0.15) is 0 Å². The first kappa shape index (κ1) is 9.46.